The predicted molar refractivity (Wildman–Crippen MR) is 63.9 cm³/mol. The fourth-order valence-electron chi connectivity index (χ4n) is 1.92. The van der Waals surface area contributed by atoms with Crippen molar-refractivity contribution in [2.45, 2.75) is 31.8 Å². The molecule has 1 aliphatic heterocycles. The van der Waals surface area contributed by atoms with Crippen molar-refractivity contribution in [1.82, 2.24) is 15.1 Å². The van der Waals surface area contributed by atoms with Gasteiger partial charge in [0.25, 0.3) is 0 Å². The van der Waals surface area contributed by atoms with Gasteiger partial charge in [-0.3, -0.25) is 4.79 Å². The first-order valence-electron chi connectivity index (χ1n) is 5.86. The Morgan fingerprint density at radius 3 is 2.29 bits per heavy atom. The van der Waals surface area contributed by atoms with Gasteiger partial charge in [0.2, 0.25) is 0 Å². The highest BCUT2D eigenvalue weighted by molar-refractivity contribution is 5.82. The molecule has 1 heterocycles. The number of hydrogen-bond donors (Lipinski definition) is 2. The number of nitrogens with zero attached hydrogens (tertiary/aromatic N) is 2. The zero-order valence-electron chi connectivity index (χ0n) is 10.6. The van der Waals surface area contributed by atoms with Crippen LogP contribution in [0.25, 0.3) is 0 Å². The summed E-state index contributed by atoms with van der Waals surface area (Å²) in [4.78, 5) is 26.2. The van der Waals surface area contributed by atoms with Gasteiger partial charge in [0.1, 0.15) is 6.04 Å². The summed E-state index contributed by atoms with van der Waals surface area (Å²) in [6.07, 6.45) is 1.86. The molecule has 0 bridgehead atoms. The van der Waals surface area contributed by atoms with Crippen molar-refractivity contribution in [2.24, 2.45) is 0 Å². The minimum Gasteiger partial charge on any atom is -0.480 e. The number of aliphatic carboxylic acids is 1. The molecule has 0 aliphatic carbocycles. The summed E-state index contributed by atoms with van der Waals surface area (Å²) < 4.78 is 0. The largest absolute Gasteiger partial charge is 0.480 e. The third-order valence-electron chi connectivity index (χ3n) is 3.19. The van der Waals surface area contributed by atoms with Crippen LogP contribution < -0.4 is 5.32 Å². The highest BCUT2D eigenvalue weighted by Gasteiger charge is 2.25. The van der Waals surface area contributed by atoms with Crippen LogP contribution in [-0.4, -0.2) is 66.2 Å². The Kier molecular flexibility index (Phi) is 4.74. The lowest BCUT2D eigenvalue weighted by atomic mass is 10.0. The number of piperidine rings is 1. The topological polar surface area (TPSA) is 72.9 Å². The van der Waals surface area contributed by atoms with E-state index in [2.05, 4.69) is 10.2 Å². The minimum absolute atomic E-state index is 0.280. The van der Waals surface area contributed by atoms with E-state index in [9.17, 15) is 9.59 Å². The maximum Gasteiger partial charge on any atom is 0.325 e. The lowest BCUT2D eigenvalue weighted by Gasteiger charge is -2.35. The van der Waals surface area contributed by atoms with E-state index < -0.39 is 12.0 Å². The zero-order chi connectivity index (χ0) is 13.0. The van der Waals surface area contributed by atoms with Gasteiger partial charge in [0, 0.05) is 19.1 Å². The van der Waals surface area contributed by atoms with Gasteiger partial charge in [0.05, 0.1) is 0 Å². The van der Waals surface area contributed by atoms with E-state index in [0.717, 1.165) is 12.8 Å². The van der Waals surface area contributed by atoms with Crippen molar-refractivity contribution < 1.29 is 14.7 Å². The number of carbonyl (C=O) groups is 2. The molecule has 0 aromatic heterocycles. The van der Waals surface area contributed by atoms with Crippen LogP contribution in [0.1, 0.15) is 19.8 Å². The molecule has 0 aromatic rings. The first kappa shape index (κ1) is 13.8. The molecule has 2 N–H and O–H groups in total. The highest BCUT2D eigenvalue weighted by atomic mass is 16.4. The third-order valence-corrected chi connectivity index (χ3v) is 3.19. The molecule has 2 amide bonds. The van der Waals surface area contributed by atoms with Crippen LogP contribution in [0.5, 0.6) is 0 Å². The SMILES string of the molecule is C[C@H](NC(=O)N1CCC(N(C)C)CC1)C(=O)O. The van der Waals surface area contributed by atoms with Gasteiger partial charge in [0.15, 0.2) is 0 Å². The van der Waals surface area contributed by atoms with Crippen molar-refractivity contribution >= 4 is 12.0 Å². The number of carboxylic acids is 1. The summed E-state index contributed by atoms with van der Waals surface area (Å²) in [5.74, 6) is -1.01. The van der Waals surface area contributed by atoms with Crippen molar-refractivity contribution in [3.05, 3.63) is 0 Å². The van der Waals surface area contributed by atoms with E-state index in [1.165, 1.54) is 6.92 Å². The monoisotopic (exact) mass is 243 g/mol. The Morgan fingerprint density at radius 1 is 1.35 bits per heavy atom. The molecule has 6 nitrogen and oxygen atoms in total. The van der Waals surface area contributed by atoms with Crippen molar-refractivity contribution in [2.75, 3.05) is 27.2 Å². The number of likely N-dealkylation sites (tertiary alicyclic amines) is 1. The smallest absolute Gasteiger partial charge is 0.325 e. The van der Waals surface area contributed by atoms with Gasteiger partial charge >= 0.3 is 12.0 Å². The van der Waals surface area contributed by atoms with Gasteiger partial charge < -0.3 is 20.2 Å². The van der Waals surface area contributed by atoms with Crippen LogP contribution in [-0.2, 0) is 4.79 Å². The Hall–Kier alpha value is -1.30. The third kappa shape index (κ3) is 3.89. The molecular weight excluding hydrogens is 222 g/mol. The van der Waals surface area contributed by atoms with E-state index in [0.29, 0.717) is 19.1 Å². The molecule has 0 unspecified atom stereocenters. The van der Waals surface area contributed by atoms with Crippen LogP contribution in [0.4, 0.5) is 4.79 Å². The number of nitrogens with one attached hydrogen (secondary N) is 1. The van der Waals surface area contributed by atoms with Crippen molar-refractivity contribution in [3.63, 3.8) is 0 Å². The molecule has 6 heteroatoms. The molecule has 0 saturated carbocycles. The predicted octanol–water partition coefficient (Wildman–Crippen LogP) is 0.195. The average Bonchev–Trinajstić information content (AvgIpc) is 2.28. The normalized spacial score (nSPS) is 19.2. The summed E-state index contributed by atoms with van der Waals surface area (Å²) in [6.45, 7) is 2.83. The summed E-state index contributed by atoms with van der Waals surface area (Å²) in [5.41, 5.74) is 0. The average molecular weight is 243 g/mol. The maximum absolute atomic E-state index is 11.7. The number of hydrogen-bond acceptors (Lipinski definition) is 3. The summed E-state index contributed by atoms with van der Waals surface area (Å²) in [7, 11) is 4.07. The molecule has 1 atom stereocenters. The highest BCUT2D eigenvalue weighted by Crippen LogP contribution is 2.14. The van der Waals surface area contributed by atoms with Crippen LogP contribution in [0.15, 0.2) is 0 Å². The number of urea groups is 1. The molecule has 98 valence electrons. The van der Waals surface area contributed by atoms with Gasteiger partial charge in [-0.2, -0.15) is 0 Å². The Morgan fingerprint density at radius 2 is 1.88 bits per heavy atom. The second-order valence-corrected chi connectivity index (χ2v) is 4.69. The molecule has 0 radical (unpaired) electrons. The molecule has 1 saturated heterocycles. The Labute approximate surface area is 102 Å². The van der Waals surface area contributed by atoms with Crippen LogP contribution in [0.3, 0.4) is 0 Å². The number of rotatable bonds is 3. The van der Waals surface area contributed by atoms with Gasteiger partial charge in [-0.15, -0.1) is 0 Å². The van der Waals surface area contributed by atoms with Crippen LogP contribution in [0, 0.1) is 0 Å². The Bertz CT molecular complexity index is 286. The molecule has 1 rings (SSSR count). The summed E-state index contributed by atoms with van der Waals surface area (Å²) >= 11 is 0. The fraction of sp³-hybridized carbons (Fsp3) is 0.818. The van der Waals surface area contributed by atoms with Crippen molar-refractivity contribution in [1.29, 1.82) is 0 Å². The van der Waals surface area contributed by atoms with E-state index in [4.69, 9.17) is 5.11 Å². The molecule has 1 aliphatic rings. The van der Waals surface area contributed by atoms with E-state index in [1.54, 1.807) is 4.90 Å². The lowest BCUT2D eigenvalue weighted by Crippen LogP contribution is -2.51. The Balaban J connectivity index is 2.38. The molecule has 0 aromatic carbocycles. The van der Waals surface area contributed by atoms with Gasteiger partial charge in [-0.1, -0.05) is 0 Å². The summed E-state index contributed by atoms with van der Waals surface area (Å²) in [5, 5.41) is 11.2. The maximum atomic E-state index is 11.7. The minimum atomic E-state index is -1.01. The zero-order valence-corrected chi connectivity index (χ0v) is 10.6. The molecule has 17 heavy (non-hydrogen) atoms. The van der Waals surface area contributed by atoms with E-state index >= 15 is 0 Å². The van der Waals surface area contributed by atoms with E-state index in [-0.39, 0.29) is 6.03 Å². The van der Waals surface area contributed by atoms with Gasteiger partial charge in [-0.25, -0.2) is 4.79 Å². The molecular formula is C11H21N3O3. The lowest BCUT2D eigenvalue weighted by molar-refractivity contribution is -0.138. The quantitative estimate of drug-likeness (QED) is 0.742. The fourth-order valence-corrected chi connectivity index (χ4v) is 1.92. The van der Waals surface area contributed by atoms with E-state index in [1.807, 2.05) is 14.1 Å². The van der Waals surface area contributed by atoms with Crippen LogP contribution >= 0.6 is 0 Å². The standard InChI is InChI=1S/C11H21N3O3/c1-8(10(15)16)12-11(17)14-6-4-9(5-7-14)13(2)3/h8-9H,4-7H2,1-3H3,(H,12,17)(H,15,16)/t8-/m0/s1. The van der Waals surface area contributed by atoms with Gasteiger partial charge in [-0.05, 0) is 33.9 Å². The molecule has 1 fully saturated rings. The second-order valence-electron chi connectivity index (χ2n) is 4.69. The van der Waals surface area contributed by atoms with Crippen LogP contribution in [0.2, 0.25) is 0 Å². The number of amides is 2. The number of carboxylic acid groups (broad SMARTS) is 1. The number of carbonyl (C=O) groups excluding carboxylic acids is 1. The van der Waals surface area contributed by atoms with Crippen molar-refractivity contribution in [3.8, 4) is 0 Å². The first-order chi connectivity index (χ1) is 7.91. The molecule has 0 spiro atoms. The first-order valence-corrected chi connectivity index (χ1v) is 5.86. The second kappa shape index (κ2) is 5.86. The summed E-state index contributed by atoms with van der Waals surface area (Å²) in [6, 6.07) is -0.609.